The predicted octanol–water partition coefficient (Wildman–Crippen LogP) is 2.23. The minimum Gasteiger partial charge on any atom is -0.340 e. The summed E-state index contributed by atoms with van der Waals surface area (Å²) in [6.45, 7) is 6.22. The second-order valence-electron chi connectivity index (χ2n) is 8.36. The number of anilines is 1. The van der Waals surface area contributed by atoms with E-state index in [9.17, 15) is 18.8 Å². The summed E-state index contributed by atoms with van der Waals surface area (Å²) in [5.74, 6) is -1.01. The van der Waals surface area contributed by atoms with Crippen molar-refractivity contribution in [1.29, 1.82) is 0 Å². The number of piperazine rings is 1. The van der Waals surface area contributed by atoms with Gasteiger partial charge in [0, 0.05) is 43.2 Å². The number of aromatic nitrogens is 1. The van der Waals surface area contributed by atoms with Crippen molar-refractivity contribution in [1.82, 2.24) is 19.7 Å². The Labute approximate surface area is 196 Å². The van der Waals surface area contributed by atoms with Gasteiger partial charge in [-0.3, -0.25) is 14.4 Å². The Morgan fingerprint density at radius 2 is 1.85 bits per heavy atom. The second kappa shape index (κ2) is 10.4. The van der Waals surface area contributed by atoms with Crippen LogP contribution in [0.1, 0.15) is 35.8 Å². The molecule has 0 atom stereocenters. The van der Waals surface area contributed by atoms with Crippen molar-refractivity contribution in [3.8, 4) is 0 Å². The molecule has 2 aliphatic rings. The van der Waals surface area contributed by atoms with Crippen LogP contribution in [-0.2, 0) is 16.0 Å². The fraction of sp³-hybridized carbons (Fsp3) is 0.478. The van der Waals surface area contributed by atoms with Crippen LogP contribution in [0.5, 0.6) is 0 Å². The molecule has 4 rings (SSSR count). The van der Waals surface area contributed by atoms with E-state index in [4.69, 9.17) is 0 Å². The lowest BCUT2D eigenvalue weighted by Crippen LogP contribution is -2.48. The smallest absolute Gasteiger partial charge is 0.254 e. The van der Waals surface area contributed by atoms with Crippen LogP contribution < -0.4 is 5.32 Å². The highest BCUT2D eigenvalue weighted by Gasteiger charge is 2.34. The van der Waals surface area contributed by atoms with E-state index in [2.05, 4.69) is 22.1 Å². The molecule has 1 aromatic carbocycles. The first kappa shape index (κ1) is 23.3. The molecule has 10 heteroatoms. The van der Waals surface area contributed by atoms with Crippen molar-refractivity contribution in [3.05, 3.63) is 46.7 Å². The van der Waals surface area contributed by atoms with Gasteiger partial charge in [-0.25, -0.2) is 9.37 Å². The van der Waals surface area contributed by atoms with Gasteiger partial charge in [0.2, 0.25) is 11.8 Å². The third-order valence-corrected chi connectivity index (χ3v) is 6.76. The number of nitrogens with one attached hydrogen (secondary N) is 1. The fourth-order valence-electron chi connectivity index (χ4n) is 3.85. The highest BCUT2D eigenvalue weighted by atomic mass is 32.1. The molecule has 33 heavy (non-hydrogen) atoms. The van der Waals surface area contributed by atoms with Gasteiger partial charge in [0.05, 0.1) is 12.1 Å². The molecule has 0 unspecified atom stereocenters. The Balaban J connectivity index is 1.30. The van der Waals surface area contributed by atoms with Gasteiger partial charge in [-0.05, 0) is 43.7 Å². The molecule has 2 heterocycles. The largest absolute Gasteiger partial charge is 0.340 e. The number of hydrogen-bond acceptors (Lipinski definition) is 6. The number of halogens is 1. The van der Waals surface area contributed by atoms with Gasteiger partial charge >= 0.3 is 0 Å². The average molecular weight is 474 g/mol. The van der Waals surface area contributed by atoms with E-state index in [0.29, 0.717) is 16.4 Å². The van der Waals surface area contributed by atoms with Crippen molar-refractivity contribution in [2.75, 3.05) is 44.6 Å². The SMILES string of the molecule is CCN1CCN(C(=O)Cc2csc(NC(=O)CN(C(=O)c3ccc(F)cc3)C3CC3)n2)CC1. The number of likely N-dealkylation sites (N-methyl/N-ethyl adjacent to an activating group) is 1. The quantitative estimate of drug-likeness (QED) is 0.636. The Kier molecular flexibility index (Phi) is 7.34. The van der Waals surface area contributed by atoms with Gasteiger partial charge in [-0.1, -0.05) is 6.92 Å². The maximum atomic E-state index is 13.2. The summed E-state index contributed by atoms with van der Waals surface area (Å²) >= 11 is 1.26. The number of hydrogen-bond donors (Lipinski definition) is 1. The minimum atomic E-state index is -0.413. The maximum Gasteiger partial charge on any atom is 0.254 e. The lowest BCUT2D eigenvalue weighted by atomic mass is 10.2. The third-order valence-electron chi connectivity index (χ3n) is 5.96. The Hall–Kier alpha value is -2.85. The number of benzene rings is 1. The zero-order valence-electron chi connectivity index (χ0n) is 18.6. The Morgan fingerprint density at radius 3 is 2.48 bits per heavy atom. The standard InChI is InChI=1S/C23H28FN5O3S/c1-2-27-9-11-28(12-10-27)21(31)13-18-15-33-23(25-18)26-20(30)14-29(19-7-8-19)22(32)16-3-5-17(24)6-4-16/h3-6,15,19H,2,7-14H2,1H3,(H,25,26,30). The molecule has 1 aromatic heterocycles. The average Bonchev–Trinajstić information content (AvgIpc) is 3.57. The minimum absolute atomic E-state index is 0.0194. The van der Waals surface area contributed by atoms with Crippen LogP contribution in [0.2, 0.25) is 0 Å². The van der Waals surface area contributed by atoms with E-state index in [1.54, 1.807) is 5.38 Å². The summed E-state index contributed by atoms with van der Waals surface area (Å²) in [6, 6.07) is 5.35. The van der Waals surface area contributed by atoms with E-state index >= 15 is 0 Å². The molecule has 0 spiro atoms. The molecule has 1 aliphatic heterocycles. The first-order valence-electron chi connectivity index (χ1n) is 11.2. The number of carbonyl (C=O) groups excluding carboxylic acids is 3. The maximum absolute atomic E-state index is 13.2. The van der Waals surface area contributed by atoms with Crippen LogP contribution in [0.15, 0.2) is 29.6 Å². The zero-order chi connectivity index (χ0) is 23.4. The summed E-state index contributed by atoms with van der Waals surface area (Å²) in [5.41, 5.74) is 0.977. The van der Waals surface area contributed by atoms with Crippen LogP contribution in [-0.4, -0.2) is 82.7 Å². The molecule has 8 nitrogen and oxygen atoms in total. The van der Waals surface area contributed by atoms with Gasteiger partial charge in [0.15, 0.2) is 5.13 Å². The van der Waals surface area contributed by atoms with E-state index < -0.39 is 5.82 Å². The highest BCUT2D eigenvalue weighted by molar-refractivity contribution is 7.13. The van der Waals surface area contributed by atoms with Gasteiger partial charge < -0.3 is 20.0 Å². The van der Waals surface area contributed by atoms with Crippen LogP contribution in [0, 0.1) is 5.82 Å². The molecule has 2 aromatic rings. The molecule has 0 radical (unpaired) electrons. The van der Waals surface area contributed by atoms with Crippen molar-refractivity contribution in [3.63, 3.8) is 0 Å². The van der Waals surface area contributed by atoms with Crippen molar-refractivity contribution in [2.24, 2.45) is 0 Å². The van der Waals surface area contributed by atoms with Crippen LogP contribution in [0.3, 0.4) is 0 Å². The molecular formula is C23H28FN5O3S. The van der Waals surface area contributed by atoms with Crippen molar-refractivity contribution >= 4 is 34.2 Å². The van der Waals surface area contributed by atoms with Crippen molar-refractivity contribution < 1.29 is 18.8 Å². The Bertz CT molecular complexity index is 1000. The van der Waals surface area contributed by atoms with Gasteiger partial charge in [0.1, 0.15) is 12.4 Å². The van der Waals surface area contributed by atoms with Gasteiger partial charge in [-0.2, -0.15) is 0 Å². The fourth-order valence-corrected chi connectivity index (χ4v) is 4.58. The molecule has 2 fully saturated rings. The van der Waals surface area contributed by atoms with Crippen LogP contribution in [0.25, 0.3) is 0 Å². The zero-order valence-corrected chi connectivity index (χ0v) is 19.4. The number of rotatable bonds is 8. The van der Waals surface area contributed by atoms with Gasteiger partial charge in [-0.15, -0.1) is 11.3 Å². The molecule has 3 amide bonds. The normalized spacial score (nSPS) is 16.5. The summed E-state index contributed by atoms with van der Waals surface area (Å²) in [7, 11) is 0. The summed E-state index contributed by atoms with van der Waals surface area (Å²) in [6.07, 6.45) is 1.89. The van der Waals surface area contributed by atoms with Crippen LogP contribution >= 0.6 is 11.3 Å². The number of nitrogens with zero attached hydrogens (tertiary/aromatic N) is 4. The summed E-state index contributed by atoms with van der Waals surface area (Å²) in [4.78, 5) is 48.1. The Morgan fingerprint density at radius 1 is 1.15 bits per heavy atom. The number of carbonyl (C=O) groups is 3. The molecule has 1 aliphatic carbocycles. The molecular weight excluding hydrogens is 445 g/mol. The first-order chi connectivity index (χ1) is 15.9. The summed E-state index contributed by atoms with van der Waals surface area (Å²) < 4.78 is 13.2. The third kappa shape index (κ3) is 6.14. The predicted molar refractivity (Wildman–Crippen MR) is 124 cm³/mol. The first-order valence-corrected chi connectivity index (χ1v) is 12.1. The van der Waals surface area contributed by atoms with E-state index in [1.165, 1.54) is 40.5 Å². The number of thiazole rings is 1. The topological polar surface area (TPSA) is 85.9 Å². The molecule has 0 bridgehead atoms. The lowest BCUT2D eigenvalue weighted by molar-refractivity contribution is -0.132. The molecule has 1 saturated heterocycles. The van der Waals surface area contributed by atoms with E-state index in [-0.39, 0.29) is 36.7 Å². The lowest BCUT2D eigenvalue weighted by Gasteiger charge is -2.34. The monoisotopic (exact) mass is 473 g/mol. The van der Waals surface area contributed by atoms with Crippen molar-refractivity contribution in [2.45, 2.75) is 32.2 Å². The van der Waals surface area contributed by atoms with Crippen LogP contribution in [0.4, 0.5) is 9.52 Å². The summed E-state index contributed by atoms with van der Waals surface area (Å²) in [5, 5.41) is 4.92. The van der Waals surface area contributed by atoms with E-state index in [1.807, 2.05) is 4.90 Å². The molecule has 1 N–H and O–H groups in total. The van der Waals surface area contributed by atoms with Gasteiger partial charge in [0.25, 0.3) is 5.91 Å². The molecule has 1 saturated carbocycles. The number of amides is 3. The second-order valence-corrected chi connectivity index (χ2v) is 9.21. The molecule has 176 valence electrons. The van der Waals surface area contributed by atoms with E-state index in [0.717, 1.165) is 45.6 Å². The highest BCUT2D eigenvalue weighted by Crippen LogP contribution is 2.28.